The summed E-state index contributed by atoms with van der Waals surface area (Å²) in [4.78, 5) is 23.7. The van der Waals surface area contributed by atoms with Gasteiger partial charge < -0.3 is 10.1 Å². The van der Waals surface area contributed by atoms with E-state index >= 15 is 0 Å². The maximum Gasteiger partial charge on any atom is 0.337 e. The summed E-state index contributed by atoms with van der Waals surface area (Å²) in [5.41, 5.74) is 0.849. The minimum absolute atomic E-state index is 0.0624. The summed E-state index contributed by atoms with van der Waals surface area (Å²) in [6.07, 6.45) is 1.28. The molecule has 1 fully saturated rings. The van der Waals surface area contributed by atoms with E-state index in [2.05, 4.69) is 5.32 Å². The summed E-state index contributed by atoms with van der Waals surface area (Å²) in [6, 6.07) is 4.44. The van der Waals surface area contributed by atoms with E-state index in [1.54, 1.807) is 0 Å². The summed E-state index contributed by atoms with van der Waals surface area (Å²) in [5, 5.41) is 2.66. The molecule has 9 heteroatoms. The van der Waals surface area contributed by atoms with Crippen LogP contribution < -0.4 is 9.62 Å². The quantitative estimate of drug-likeness (QED) is 0.607. The van der Waals surface area contributed by atoms with Gasteiger partial charge in [0.25, 0.3) is 0 Å². The number of sulfonamides is 1. The Labute approximate surface area is 146 Å². The van der Waals surface area contributed by atoms with Crippen LogP contribution in [0.5, 0.6) is 0 Å². The first-order valence-electron chi connectivity index (χ1n) is 7.47. The van der Waals surface area contributed by atoms with Gasteiger partial charge >= 0.3 is 5.97 Å². The number of anilines is 2. The zero-order chi connectivity index (χ0) is 17.7. The van der Waals surface area contributed by atoms with Crippen LogP contribution in [0.2, 0.25) is 0 Å². The molecule has 0 bridgehead atoms. The molecule has 1 saturated heterocycles. The number of rotatable bonds is 6. The predicted molar refractivity (Wildman–Crippen MR) is 92.1 cm³/mol. The van der Waals surface area contributed by atoms with Gasteiger partial charge in [-0.1, -0.05) is 0 Å². The number of ether oxygens (including phenoxy) is 1. The first-order valence-corrected chi connectivity index (χ1v) is 9.61. The van der Waals surface area contributed by atoms with Gasteiger partial charge in [-0.25, -0.2) is 13.2 Å². The van der Waals surface area contributed by atoms with Crippen LogP contribution in [0.4, 0.5) is 11.4 Å². The number of methoxy groups -OCH3 is 1. The summed E-state index contributed by atoms with van der Waals surface area (Å²) >= 11 is 5.56. The molecule has 1 aromatic rings. The van der Waals surface area contributed by atoms with Crippen molar-refractivity contribution in [1.29, 1.82) is 0 Å². The number of carbonyl (C=O) groups is 2. The zero-order valence-corrected chi connectivity index (χ0v) is 14.8. The van der Waals surface area contributed by atoms with E-state index in [4.69, 9.17) is 16.3 Å². The van der Waals surface area contributed by atoms with Gasteiger partial charge in [0.2, 0.25) is 15.9 Å². The number of hydrogen-bond donors (Lipinski definition) is 1. The standard InChI is InChI=1S/C15H19ClN2O5S/c1-23-15(20)11-8-12(17-14(19)4-2-5-16)10-13(9-11)18-6-3-7-24(18,21)22/h8-10H,2-7H2,1H3,(H,17,19). The second-order valence-electron chi connectivity index (χ2n) is 5.34. The molecule has 1 aliphatic rings. The highest BCUT2D eigenvalue weighted by Crippen LogP contribution is 2.28. The minimum atomic E-state index is -3.40. The third kappa shape index (κ3) is 4.39. The lowest BCUT2D eigenvalue weighted by atomic mass is 10.1. The largest absolute Gasteiger partial charge is 0.465 e. The molecule has 0 radical (unpaired) electrons. The molecule has 7 nitrogen and oxygen atoms in total. The van der Waals surface area contributed by atoms with E-state index < -0.39 is 16.0 Å². The number of halogens is 1. The highest BCUT2D eigenvalue weighted by molar-refractivity contribution is 7.93. The van der Waals surface area contributed by atoms with Crippen LogP contribution in [-0.4, -0.2) is 45.6 Å². The molecule has 0 atom stereocenters. The lowest BCUT2D eigenvalue weighted by Crippen LogP contribution is -2.25. The Balaban J connectivity index is 2.35. The maximum absolute atomic E-state index is 12.1. The van der Waals surface area contributed by atoms with E-state index in [0.29, 0.717) is 36.6 Å². The molecule has 0 saturated carbocycles. The monoisotopic (exact) mass is 374 g/mol. The van der Waals surface area contributed by atoms with Crippen LogP contribution in [0.25, 0.3) is 0 Å². The zero-order valence-electron chi connectivity index (χ0n) is 13.2. The molecular formula is C15H19ClN2O5S. The average molecular weight is 375 g/mol. The number of nitrogens with zero attached hydrogens (tertiary/aromatic N) is 1. The topological polar surface area (TPSA) is 92.8 Å². The predicted octanol–water partition coefficient (Wildman–Crippen LogP) is 1.97. The first-order chi connectivity index (χ1) is 11.4. The Bertz CT molecular complexity index is 735. The van der Waals surface area contributed by atoms with Crippen molar-refractivity contribution >= 4 is 44.9 Å². The smallest absolute Gasteiger partial charge is 0.337 e. The Kier molecular flexibility index (Phi) is 6.06. The Morgan fingerprint density at radius 2 is 2.08 bits per heavy atom. The van der Waals surface area contributed by atoms with Crippen molar-refractivity contribution in [2.75, 3.05) is 34.9 Å². The van der Waals surface area contributed by atoms with Gasteiger partial charge in [0, 0.05) is 24.5 Å². The highest BCUT2D eigenvalue weighted by atomic mass is 35.5. The van der Waals surface area contributed by atoms with E-state index in [9.17, 15) is 18.0 Å². The molecule has 132 valence electrons. The van der Waals surface area contributed by atoms with Crippen LogP contribution in [0.15, 0.2) is 18.2 Å². The summed E-state index contributed by atoms with van der Waals surface area (Å²) in [7, 11) is -2.16. The summed E-state index contributed by atoms with van der Waals surface area (Å²) in [6.45, 7) is 0.340. The van der Waals surface area contributed by atoms with Gasteiger partial charge in [-0.15, -0.1) is 11.6 Å². The number of esters is 1. The highest BCUT2D eigenvalue weighted by Gasteiger charge is 2.29. The Morgan fingerprint density at radius 1 is 1.33 bits per heavy atom. The number of hydrogen-bond acceptors (Lipinski definition) is 5. The molecule has 1 N–H and O–H groups in total. The number of alkyl halides is 1. The Morgan fingerprint density at radius 3 is 2.67 bits per heavy atom. The van der Waals surface area contributed by atoms with Gasteiger partial charge in [0.05, 0.1) is 24.1 Å². The van der Waals surface area contributed by atoms with Crippen LogP contribution in [0.1, 0.15) is 29.6 Å². The van der Waals surface area contributed by atoms with E-state index in [1.807, 2.05) is 0 Å². The van der Waals surface area contributed by atoms with E-state index in [-0.39, 0.29) is 23.6 Å². The molecule has 1 aromatic carbocycles. The number of nitrogens with one attached hydrogen (secondary N) is 1. The normalized spacial score (nSPS) is 16.0. The Hall–Kier alpha value is -1.80. The molecule has 0 spiro atoms. The van der Waals surface area contributed by atoms with Crippen molar-refractivity contribution in [1.82, 2.24) is 0 Å². The molecule has 1 aliphatic heterocycles. The molecule has 0 aromatic heterocycles. The molecule has 0 aliphatic carbocycles. The fraction of sp³-hybridized carbons (Fsp3) is 0.467. The van der Waals surface area contributed by atoms with E-state index in [1.165, 1.54) is 29.6 Å². The van der Waals surface area contributed by atoms with Gasteiger partial charge in [-0.2, -0.15) is 0 Å². The minimum Gasteiger partial charge on any atom is -0.465 e. The third-order valence-electron chi connectivity index (χ3n) is 3.55. The maximum atomic E-state index is 12.1. The first kappa shape index (κ1) is 18.5. The van der Waals surface area contributed by atoms with Crippen molar-refractivity contribution < 1.29 is 22.7 Å². The van der Waals surface area contributed by atoms with Crippen LogP contribution in [0.3, 0.4) is 0 Å². The van der Waals surface area contributed by atoms with Gasteiger partial charge in [0.1, 0.15) is 0 Å². The molecule has 24 heavy (non-hydrogen) atoms. The molecule has 1 amide bonds. The molecule has 2 rings (SSSR count). The average Bonchev–Trinajstić information content (AvgIpc) is 2.91. The lowest BCUT2D eigenvalue weighted by Gasteiger charge is -2.19. The van der Waals surface area contributed by atoms with Crippen LogP contribution >= 0.6 is 11.6 Å². The van der Waals surface area contributed by atoms with Crippen molar-refractivity contribution in [2.24, 2.45) is 0 Å². The van der Waals surface area contributed by atoms with Gasteiger partial charge in [-0.3, -0.25) is 9.10 Å². The molecular weight excluding hydrogens is 356 g/mol. The second kappa shape index (κ2) is 7.85. The van der Waals surface area contributed by atoms with Crippen molar-refractivity contribution in [3.63, 3.8) is 0 Å². The third-order valence-corrected chi connectivity index (χ3v) is 5.68. The van der Waals surface area contributed by atoms with Crippen molar-refractivity contribution in [2.45, 2.75) is 19.3 Å². The van der Waals surface area contributed by atoms with Gasteiger partial charge in [0.15, 0.2) is 0 Å². The molecule has 1 heterocycles. The van der Waals surface area contributed by atoms with Crippen LogP contribution in [-0.2, 0) is 19.6 Å². The fourth-order valence-corrected chi connectivity index (χ4v) is 4.13. The van der Waals surface area contributed by atoms with Crippen molar-refractivity contribution in [3.8, 4) is 0 Å². The van der Waals surface area contributed by atoms with Crippen LogP contribution in [0, 0.1) is 0 Å². The second-order valence-corrected chi connectivity index (χ2v) is 7.73. The number of carbonyl (C=O) groups excluding carboxylic acids is 2. The number of amides is 1. The van der Waals surface area contributed by atoms with Crippen molar-refractivity contribution in [3.05, 3.63) is 23.8 Å². The van der Waals surface area contributed by atoms with E-state index in [0.717, 1.165) is 0 Å². The lowest BCUT2D eigenvalue weighted by molar-refractivity contribution is -0.116. The summed E-state index contributed by atoms with van der Waals surface area (Å²) in [5.74, 6) is -0.433. The fourth-order valence-electron chi connectivity index (χ4n) is 2.44. The molecule has 0 unspecified atom stereocenters. The summed E-state index contributed by atoms with van der Waals surface area (Å²) < 4.78 is 30.1. The SMILES string of the molecule is COC(=O)c1cc(NC(=O)CCCCl)cc(N2CCCS2(=O)=O)c1. The van der Waals surface area contributed by atoms with Gasteiger partial charge in [-0.05, 0) is 31.0 Å². The number of benzene rings is 1.